The van der Waals surface area contributed by atoms with Gasteiger partial charge in [-0.3, -0.25) is 4.79 Å². The molecule has 4 rings (SSSR count). The first kappa shape index (κ1) is 14.5. The van der Waals surface area contributed by atoms with Gasteiger partial charge in [-0.05, 0) is 31.4 Å². The van der Waals surface area contributed by atoms with Crippen molar-refractivity contribution in [3.05, 3.63) is 35.7 Å². The third-order valence-electron chi connectivity index (χ3n) is 4.09. The highest BCUT2D eigenvalue weighted by atomic mass is 32.1. The van der Waals surface area contributed by atoms with Gasteiger partial charge in [0, 0.05) is 24.0 Å². The molecule has 1 aliphatic carbocycles. The van der Waals surface area contributed by atoms with E-state index in [4.69, 9.17) is 0 Å². The Labute approximate surface area is 135 Å². The van der Waals surface area contributed by atoms with Gasteiger partial charge in [-0.15, -0.1) is 0 Å². The van der Waals surface area contributed by atoms with Crippen LogP contribution in [0.1, 0.15) is 31.0 Å². The van der Waals surface area contributed by atoms with Crippen LogP contribution < -0.4 is 10.2 Å². The molecule has 1 N–H and O–H groups in total. The minimum atomic E-state index is -0.731. The lowest BCUT2D eigenvalue weighted by atomic mass is 10.2. The van der Waals surface area contributed by atoms with Crippen LogP contribution in [0.2, 0.25) is 0 Å². The van der Waals surface area contributed by atoms with Gasteiger partial charge in [0.2, 0.25) is 11.0 Å². The molecule has 1 aliphatic heterocycles. The molecule has 8 heteroatoms. The molecule has 1 amide bonds. The Morgan fingerprint density at radius 2 is 1.96 bits per heavy atom. The maximum absolute atomic E-state index is 13.9. The van der Waals surface area contributed by atoms with Gasteiger partial charge >= 0.3 is 0 Å². The van der Waals surface area contributed by atoms with E-state index in [-0.39, 0.29) is 18.1 Å². The first-order valence-corrected chi connectivity index (χ1v) is 8.26. The van der Waals surface area contributed by atoms with E-state index in [9.17, 15) is 13.6 Å². The first-order valence-electron chi connectivity index (χ1n) is 7.49. The summed E-state index contributed by atoms with van der Waals surface area (Å²) in [5.41, 5.74) is -0.280. The second-order valence-electron chi connectivity index (χ2n) is 5.78. The largest absolute Gasteiger partial charge is 0.348 e. The molecule has 2 aliphatic rings. The third-order valence-corrected chi connectivity index (χ3v) is 4.76. The van der Waals surface area contributed by atoms with Crippen molar-refractivity contribution in [1.29, 1.82) is 0 Å². The summed E-state index contributed by atoms with van der Waals surface area (Å²) in [7, 11) is 0. The fraction of sp³-hybridized carbons (Fsp3) is 0.400. The normalized spacial score (nSPS) is 21.0. The van der Waals surface area contributed by atoms with Crippen molar-refractivity contribution < 1.29 is 13.6 Å². The third kappa shape index (κ3) is 2.67. The average Bonchev–Trinajstić information content (AvgIpc) is 3.18. The Hall–Kier alpha value is -2.09. The van der Waals surface area contributed by atoms with E-state index in [0.29, 0.717) is 17.5 Å². The second-order valence-corrected chi connectivity index (χ2v) is 6.53. The summed E-state index contributed by atoms with van der Waals surface area (Å²) in [6.07, 6.45) is 2.68. The Morgan fingerprint density at radius 1 is 1.22 bits per heavy atom. The van der Waals surface area contributed by atoms with Crippen molar-refractivity contribution in [2.24, 2.45) is 0 Å². The molecule has 0 radical (unpaired) electrons. The number of hydrogen-bond acceptors (Lipinski definition) is 5. The summed E-state index contributed by atoms with van der Waals surface area (Å²) >= 11 is 1.22. The van der Waals surface area contributed by atoms with Crippen molar-refractivity contribution in [2.45, 2.75) is 31.2 Å². The lowest BCUT2D eigenvalue weighted by molar-refractivity contribution is -0.117. The number of benzene rings is 1. The van der Waals surface area contributed by atoms with Crippen LogP contribution in [0.3, 0.4) is 0 Å². The minimum Gasteiger partial charge on any atom is -0.348 e. The van der Waals surface area contributed by atoms with Gasteiger partial charge < -0.3 is 10.2 Å². The molecule has 2 aromatic rings. The van der Waals surface area contributed by atoms with E-state index in [2.05, 4.69) is 14.7 Å². The summed E-state index contributed by atoms with van der Waals surface area (Å²) in [4.78, 5) is 18.0. The fourth-order valence-electron chi connectivity index (χ4n) is 2.73. The highest BCUT2D eigenvalue weighted by Gasteiger charge is 2.36. The predicted molar refractivity (Wildman–Crippen MR) is 82.6 cm³/mol. The van der Waals surface area contributed by atoms with Crippen molar-refractivity contribution in [3.63, 3.8) is 0 Å². The minimum absolute atomic E-state index is 0.267. The van der Waals surface area contributed by atoms with E-state index in [1.54, 1.807) is 0 Å². The monoisotopic (exact) mass is 336 g/mol. The number of aromatic nitrogens is 2. The maximum Gasteiger partial charge on any atom is 0.249 e. The summed E-state index contributed by atoms with van der Waals surface area (Å²) in [6.45, 7) is 0.267. The number of nitrogens with zero attached hydrogens (tertiary/aromatic N) is 3. The number of para-hydroxylation sites is 1. The number of rotatable bonds is 4. The SMILES string of the molecule is O=C1C(Nc2nc(C3CC3)ns2)CCN1c1c(F)cccc1F. The van der Waals surface area contributed by atoms with Gasteiger partial charge in [-0.1, -0.05) is 6.07 Å². The van der Waals surface area contributed by atoms with Gasteiger partial charge in [0.25, 0.3) is 0 Å². The van der Waals surface area contributed by atoms with Crippen LogP contribution in [0.25, 0.3) is 0 Å². The molecule has 2 heterocycles. The van der Waals surface area contributed by atoms with E-state index in [0.717, 1.165) is 35.7 Å². The number of nitrogens with one attached hydrogen (secondary N) is 1. The van der Waals surface area contributed by atoms with E-state index >= 15 is 0 Å². The standard InChI is InChI=1S/C15H14F2N4OS/c16-9-2-1-3-10(17)12(9)21-7-6-11(14(21)22)18-15-19-13(20-23-15)8-4-5-8/h1-3,8,11H,4-7H2,(H,18,19,20). The molecule has 1 unspecified atom stereocenters. The molecule has 120 valence electrons. The zero-order valence-electron chi connectivity index (χ0n) is 12.1. The Bertz CT molecular complexity index is 741. The van der Waals surface area contributed by atoms with Crippen LogP contribution in [-0.4, -0.2) is 27.9 Å². The van der Waals surface area contributed by atoms with Gasteiger partial charge in [0.05, 0.1) is 0 Å². The molecule has 1 aromatic carbocycles. The molecule has 23 heavy (non-hydrogen) atoms. The predicted octanol–water partition coefficient (Wildman–Crippen LogP) is 2.91. The number of carbonyl (C=O) groups excluding carboxylic acids is 1. The molecule has 1 atom stereocenters. The van der Waals surface area contributed by atoms with E-state index in [1.165, 1.54) is 17.6 Å². The molecular formula is C15H14F2N4OS. The lowest BCUT2D eigenvalue weighted by Crippen LogP contribution is -2.34. The lowest BCUT2D eigenvalue weighted by Gasteiger charge is -2.18. The van der Waals surface area contributed by atoms with Gasteiger partial charge in [-0.25, -0.2) is 13.8 Å². The average molecular weight is 336 g/mol. The number of anilines is 2. The van der Waals surface area contributed by atoms with Crippen LogP contribution >= 0.6 is 11.5 Å². The summed E-state index contributed by atoms with van der Waals surface area (Å²) in [5.74, 6) is -0.543. The van der Waals surface area contributed by atoms with E-state index < -0.39 is 17.7 Å². The molecule has 0 bridgehead atoms. The topological polar surface area (TPSA) is 58.1 Å². The Kier molecular flexibility index (Phi) is 3.48. The summed E-state index contributed by atoms with van der Waals surface area (Å²) in [6, 6.07) is 3.05. The van der Waals surface area contributed by atoms with Crippen LogP contribution in [-0.2, 0) is 4.79 Å². The number of hydrogen-bond donors (Lipinski definition) is 1. The molecule has 1 aromatic heterocycles. The number of amides is 1. The molecular weight excluding hydrogens is 322 g/mol. The van der Waals surface area contributed by atoms with Crippen LogP contribution in [0, 0.1) is 11.6 Å². The zero-order chi connectivity index (χ0) is 16.0. The van der Waals surface area contributed by atoms with Crippen molar-refractivity contribution >= 4 is 28.3 Å². The van der Waals surface area contributed by atoms with Crippen molar-refractivity contribution in [1.82, 2.24) is 9.36 Å². The number of halogens is 2. The van der Waals surface area contributed by atoms with Crippen molar-refractivity contribution in [3.8, 4) is 0 Å². The van der Waals surface area contributed by atoms with Crippen LogP contribution in [0.4, 0.5) is 19.6 Å². The molecule has 5 nitrogen and oxygen atoms in total. The summed E-state index contributed by atoms with van der Waals surface area (Å²) in [5, 5.41) is 3.63. The molecule has 2 fully saturated rings. The van der Waals surface area contributed by atoms with Crippen molar-refractivity contribution in [2.75, 3.05) is 16.8 Å². The van der Waals surface area contributed by atoms with Crippen LogP contribution in [0.15, 0.2) is 18.2 Å². The first-order chi connectivity index (χ1) is 11.1. The molecule has 1 saturated carbocycles. The smallest absolute Gasteiger partial charge is 0.249 e. The fourth-order valence-corrected chi connectivity index (χ4v) is 3.43. The molecule has 1 saturated heterocycles. The zero-order valence-corrected chi connectivity index (χ0v) is 12.9. The van der Waals surface area contributed by atoms with Gasteiger partial charge in [-0.2, -0.15) is 4.37 Å². The number of carbonyl (C=O) groups is 1. The Morgan fingerprint density at radius 3 is 2.65 bits per heavy atom. The highest BCUT2D eigenvalue weighted by molar-refractivity contribution is 7.09. The maximum atomic E-state index is 13.9. The van der Waals surface area contributed by atoms with Gasteiger partial charge in [0.1, 0.15) is 29.2 Å². The van der Waals surface area contributed by atoms with Crippen LogP contribution in [0.5, 0.6) is 0 Å². The highest BCUT2D eigenvalue weighted by Crippen LogP contribution is 2.39. The molecule has 0 spiro atoms. The summed E-state index contributed by atoms with van der Waals surface area (Å²) < 4.78 is 32.0. The second kappa shape index (κ2) is 5.52. The Balaban J connectivity index is 1.50. The van der Waals surface area contributed by atoms with E-state index in [1.807, 2.05) is 0 Å². The quantitative estimate of drug-likeness (QED) is 0.933. The van der Waals surface area contributed by atoms with Gasteiger partial charge in [0.15, 0.2) is 0 Å².